The minimum atomic E-state index is 0.0662. The SMILES string of the molecule is CCCCOc1cccc(SC)c1C(=N)N. The van der Waals surface area contributed by atoms with Crippen molar-refractivity contribution in [3.05, 3.63) is 23.8 Å². The summed E-state index contributed by atoms with van der Waals surface area (Å²) in [5.74, 6) is 0.782. The molecule has 16 heavy (non-hydrogen) atoms. The molecule has 0 aliphatic rings. The van der Waals surface area contributed by atoms with E-state index in [0.717, 1.165) is 17.7 Å². The van der Waals surface area contributed by atoms with Gasteiger partial charge in [0.1, 0.15) is 11.6 Å². The number of hydrogen-bond donors (Lipinski definition) is 2. The zero-order chi connectivity index (χ0) is 12.0. The van der Waals surface area contributed by atoms with Crippen LogP contribution in [0.2, 0.25) is 0 Å². The zero-order valence-electron chi connectivity index (χ0n) is 9.75. The molecule has 0 amide bonds. The van der Waals surface area contributed by atoms with Gasteiger partial charge in [-0.1, -0.05) is 19.4 Å². The van der Waals surface area contributed by atoms with Crippen molar-refractivity contribution in [2.24, 2.45) is 5.73 Å². The van der Waals surface area contributed by atoms with Crippen LogP contribution in [0.4, 0.5) is 0 Å². The van der Waals surface area contributed by atoms with E-state index in [0.29, 0.717) is 17.9 Å². The Morgan fingerprint density at radius 1 is 1.50 bits per heavy atom. The minimum absolute atomic E-state index is 0.0662. The minimum Gasteiger partial charge on any atom is -0.493 e. The Hall–Kier alpha value is -1.16. The molecule has 4 heteroatoms. The maximum atomic E-state index is 7.59. The molecule has 1 aromatic carbocycles. The van der Waals surface area contributed by atoms with Gasteiger partial charge in [-0.15, -0.1) is 11.8 Å². The van der Waals surface area contributed by atoms with Crippen LogP contribution in [0.25, 0.3) is 0 Å². The highest BCUT2D eigenvalue weighted by Crippen LogP contribution is 2.28. The highest BCUT2D eigenvalue weighted by atomic mass is 32.2. The Kier molecular flexibility index (Phi) is 5.19. The number of thioether (sulfide) groups is 1. The van der Waals surface area contributed by atoms with Crippen LogP contribution >= 0.6 is 11.8 Å². The molecule has 0 spiro atoms. The van der Waals surface area contributed by atoms with Gasteiger partial charge in [-0.3, -0.25) is 5.41 Å². The molecule has 0 fully saturated rings. The van der Waals surface area contributed by atoms with Crippen molar-refractivity contribution >= 4 is 17.6 Å². The van der Waals surface area contributed by atoms with E-state index in [4.69, 9.17) is 15.9 Å². The quantitative estimate of drug-likeness (QED) is 0.347. The number of hydrogen-bond acceptors (Lipinski definition) is 3. The number of rotatable bonds is 6. The van der Waals surface area contributed by atoms with Crippen molar-refractivity contribution in [3.63, 3.8) is 0 Å². The summed E-state index contributed by atoms with van der Waals surface area (Å²) in [5, 5.41) is 7.59. The summed E-state index contributed by atoms with van der Waals surface area (Å²) >= 11 is 1.58. The third kappa shape index (κ3) is 3.17. The molecule has 0 atom stereocenters. The highest BCUT2D eigenvalue weighted by molar-refractivity contribution is 7.98. The maximum Gasteiger partial charge on any atom is 0.131 e. The normalized spacial score (nSPS) is 10.1. The third-order valence-electron chi connectivity index (χ3n) is 2.23. The lowest BCUT2D eigenvalue weighted by Crippen LogP contribution is -2.14. The average Bonchev–Trinajstić information content (AvgIpc) is 2.28. The Morgan fingerprint density at radius 3 is 2.81 bits per heavy atom. The fourth-order valence-corrected chi connectivity index (χ4v) is 2.02. The second-order valence-electron chi connectivity index (χ2n) is 3.45. The number of nitrogen functional groups attached to an aromatic ring is 1. The molecule has 88 valence electrons. The zero-order valence-corrected chi connectivity index (χ0v) is 10.6. The second kappa shape index (κ2) is 6.43. The average molecular weight is 238 g/mol. The van der Waals surface area contributed by atoms with Gasteiger partial charge >= 0.3 is 0 Å². The van der Waals surface area contributed by atoms with E-state index in [-0.39, 0.29) is 5.84 Å². The molecule has 0 saturated carbocycles. The van der Waals surface area contributed by atoms with Gasteiger partial charge in [-0.05, 0) is 24.8 Å². The Morgan fingerprint density at radius 2 is 2.25 bits per heavy atom. The van der Waals surface area contributed by atoms with E-state index >= 15 is 0 Å². The molecule has 0 radical (unpaired) electrons. The molecule has 0 saturated heterocycles. The lowest BCUT2D eigenvalue weighted by molar-refractivity contribution is 0.308. The summed E-state index contributed by atoms with van der Waals surface area (Å²) in [6, 6.07) is 5.75. The molecule has 0 aliphatic heterocycles. The Balaban J connectivity index is 2.93. The van der Waals surface area contributed by atoms with Crippen LogP contribution in [0.1, 0.15) is 25.3 Å². The molecule has 0 unspecified atom stereocenters. The smallest absolute Gasteiger partial charge is 0.131 e. The van der Waals surface area contributed by atoms with Gasteiger partial charge in [-0.2, -0.15) is 0 Å². The summed E-state index contributed by atoms with van der Waals surface area (Å²) in [6.07, 6.45) is 4.08. The van der Waals surface area contributed by atoms with Gasteiger partial charge in [0.05, 0.1) is 12.2 Å². The van der Waals surface area contributed by atoms with E-state index in [1.54, 1.807) is 11.8 Å². The van der Waals surface area contributed by atoms with Crippen LogP contribution in [-0.2, 0) is 0 Å². The number of benzene rings is 1. The third-order valence-corrected chi connectivity index (χ3v) is 3.01. The predicted octanol–water partition coefficient (Wildman–Crippen LogP) is 2.87. The van der Waals surface area contributed by atoms with Crippen LogP contribution in [-0.4, -0.2) is 18.7 Å². The van der Waals surface area contributed by atoms with E-state index < -0.39 is 0 Å². The van der Waals surface area contributed by atoms with Gasteiger partial charge < -0.3 is 10.5 Å². The molecular weight excluding hydrogens is 220 g/mol. The number of ether oxygens (including phenoxy) is 1. The summed E-state index contributed by atoms with van der Waals surface area (Å²) in [6.45, 7) is 2.79. The monoisotopic (exact) mass is 238 g/mol. The van der Waals surface area contributed by atoms with Crippen molar-refractivity contribution < 1.29 is 4.74 Å². The van der Waals surface area contributed by atoms with Crippen LogP contribution in [0, 0.1) is 5.41 Å². The highest BCUT2D eigenvalue weighted by Gasteiger charge is 2.11. The van der Waals surface area contributed by atoms with E-state index in [2.05, 4.69) is 6.92 Å². The first-order valence-electron chi connectivity index (χ1n) is 5.34. The summed E-state index contributed by atoms with van der Waals surface area (Å²) in [5.41, 5.74) is 6.30. The summed E-state index contributed by atoms with van der Waals surface area (Å²) in [7, 11) is 0. The van der Waals surface area contributed by atoms with Crippen LogP contribution < -0.4 is 10.5 Å². The molecule has 0 bridgehead atoms. The number of amidine groups is 1. The van der Waals surface area contributed by atoms with Crippen LogP contribution in [0.5, 0.6) is 5.75 Å². The molecule has 1 aromatic rings. The largest absolute Gasteiger partial charge is 0.493 e. The Labute approximate surface area is 101 Å². The Bertz CT molecular complexity index is 366. The summed E-state index contributed by atoms with van der Waals surface area (Å²) in [4.78, 5) is 0.987. The molecule has 0 aliphatic carbocycles. The molecule has 1 rings (SSSR count). The molecule has 0 aromatic heterocycles. The van der Waals surface area contributed by atoms with Crippen molar-refractivity contribution in [1.29, 1.82) is 5.41 Å². The molecular formula is C12H18N2OS. The van der Waals surface area contributed by atoms with Gasteiger partial charge in [0.2, 0.25) is 0 Å². The molecule has 0 heterocycles. The molecule has 3 nitrogen and oxygen atoms in total. The standard InChI is InChI=1S/C12H18N2OS/c1-3-4-8-15-9-6-5-7-10(16-2)11(9)12(13)14/h5-7H,3-4,8H2,1-2H3,(H3,13,14). The van der Waals surface area contributed by atoms with Crippen LogP contribution in [0.15, 0.2) is 23.1 Å². The first-order valence-corrected chi connectivity index (χ1v) is 6.57. The first-order chi connectivity index (χ1) is 7.70. The molecule has 3 N–H and O–H groups in total. The van der Waals surface area contributed by atoms with Crippen molar-refractivity contribution in [3.8, 4) is 5.75 Å². The van der Waals surface area contributed by atoms with Crippen molar-refractivity contribution in [1.82, 2.24) is 0 Å². The summed E-state index contributed by atoms with van der Waals surface area (Å²) < 4.78 is 5.65. The van der Waals surface area contributed by atoms with E-state index in [1.807, 2.05) is 24.5 Å². The van der Waals surface area contributed by atoms with Gasteiger partial charge in [0.15, 0.2) is 0 Å². The van der Waals surface area contributed by atoms with Gasteiger partial charge in [-0.25, -0.2) is 0 Å². The number of nitrogens with one attached hydrogen (secondary N) is 1. The fourth-order valence-electron chi connectivity index (χ4n) is 1.39. The predicted molar refractivity (Wildman–Crippen MR) is 69.6 cm³/mol. The number of nitrogens with two attached hydrogens (primary N) is 1. The van der Waals surface area contributed by atoms with E-state index in [1.165, 1.54) is 0 Å². The van der Waals surface area contributed by atoms with Gasteiger partial charge in [0.25, 0.3) is 0 Å². The van der Waals surface area contributed by atoms with Crippen molar-refractivity contribution in [2.45, 2.75) is 24.7 Å². The van der Waals surface area contributed by atoms with Gasteiger partial charge in [0, 0.05) is 4.90 Å². The topological polar surface area (TPSA) is 59.1 Å². The lowest BCUT2D eigenvalue weighted by Gasteiger charge is -2.13. The fraction of sp³-hybridized carbons (Fsp3) is 0.417. The lowest BCUT2D eigenvalue weighted by atomic mass is 10.2. The second-order valence-corrected chi connectivity index (χ2v) is 4.30. The maximum absolute atomic E-state index is 7.59. The van der Waals surface area contributed by atoms with Crippen LogP contribution in [0.3, 0.4) is 0 Å². The van der Waals surface area contributed by atoms with Crippen molar-refractivity contribution in [2.75, 3.05) is 12.9 Å². The van der Waals surface area contributed by atoms with E-state index in [9.17, 15) is 0 Å². The first kappa shape index (κ1) is 12.9. The number of unbranched alkanes of at least 4 members (excludes halogenated alkanes) is 1.